The van der Waals surface area contributed by atoms with Gasteiger partial charge < -0.3 is 9.80 Å². The van der Waals surface area contributed by atoms with Gasteiger partial charge >= 0.3 is 0 Å². The summed E-state index contributed by atoms with van der Waals surface area (Å²) >= 11 is 0. The maximum Gasteiger partial charge on any atom is 0.0725 e. The molecule has 0 fully saturated rings. The average Bonchev–Trinajstić information content (AvgIpc) is 1.51. The van der Waals surface area contributed by atoms with E-state index in [2.05, 4.69) is 325 Å². The van der Waals surface area contributed by atoms with Crippen molar-refractivity contribution >= 4 is 55.7 Å². The Morgan fingerprint density at radius 2 is 0.467 bits per heavy atom. The predicted molar refractivity (Wildman–Crippen MR) is 380 cm³/mol. The van der Waals surface area contributed by atoms with E-state index >= 15 is 0 Å². The zero-order chi connectivity index (χ0) is 60.0. The van der Waals surface area contributed by atoms with Crippen LogP contribution in [0.25, 0.3) is 88.3 Å². The van der Waals surface area contributed by atoms with E-state index in [4.69, 9.17) is 0 Å². The van der Waals surface area contributed by atoms with Crippen molar-refractivity contribution < 1.29 is 0 Å². The molecule has 6 aliphatic rings. The number of para-hydroxylation sites is 4. The van der Waals surface area contributed by atoms with Crippen LogP contribution in [0.15, 0.2) is 315 Å². The van der Waals surface area contributed by atoms with Crippen molar-refractivity contribution in [3.05, 3.63) is 382 Å². The van der Waals surface area contributed by atoms with Gasteiger partial charge in [-0.15, -0.1) is 0 Å². The molecular formula is C90H56N2. The Hall–Kier alpha value is -11.6. The summed E-state index contributed by atoms with van der Waals surface area (Å²) in [6.07, 6.45) is 1.77. The van der Waals surface area contributed by atoms with Crippen molar-refractivity contribution in [2.24, 2.45) is 0 Å². The molecule has 0 radical (unpaired) electrons. The zero-order valence-electron chi connectivity index (χ0n) is 50.3. The molecule has 0 bridgehead atoms. The van der Waals surface area contributed by atoms with E-state index in [-0.39, 0.29) is 0 Å². The molecule has 426 valence electrons. The van der Waals surface area contributed by atoms with Crippen LogP contribution in [0.2, 0.25) is 0 Å². The topological polar surface area (TPSA) is 6.48 Å². The first-order valence-electron chi connectivity index (χ1n) is 32.5. The number of hydrogen-bond acceptors (Lipinski definition) is 2. The van der Waals surface area contributed by atoms with Gasteiger partial charge in [-0.05, 0) is 216 Å². The fraction of sp³-hybridized carbons (Fsp3) is 0.0444. The lowest BCUT2D eigenvalue weighted by molar-refractivity contribution is 0.794. The smallest absolute Gasteiger partial charge is 0.0725 e. The molecule has 2 heteroatoms. The van der Waals surface area contributed by atoms with Gasteiger partial charge in [-0.3, -0.25) is 0 Å². The SMILES string of the molecule is c1ccc2c(c1)Cc1ccccc1N2c1ccc2c(-c3ccc4c(c3)C3(c5ccccc5-c5ccccc53)c3ccccc3-4)c3cc(N4c5ccccc5Cc5ccccc54)ccc3c(-c3ccc4c(c3)C3(c5ccccc5-c5ccccc53)c3ccccc3-4)c2c1. The van der Waals surface area contributed by atoms with Gasteiger partial charge in [-0.1, -0.05) is 255 Å². The third kappa shape index (κ3) is 6.43. The molecule has 0 aromatic heterocycles. The third-order valence-electron chi connectivity index (χ3n) is 21.9. The minimum Gasteiger partial charge on any atom is -0.310 e. The molecule has 0 unspecified atom stereocenters. The van der Waals surface area contributed by atoms with E-state index in [1.807, 2.05) is 0 Å². The Morgan fingerprint density at radius 3 is 0.772 bits per heavy atom. The molecule has 2 heterocycles. The second-order valence-electron chi connectivity index (χ2n) is 26.0. The van der Waals surface area contributed by atoms with Crippen LogP contribution in [0.3, 0.4) is 0 Å². The first kappa shape index (κ1) is 50.3. The highest BCUT2D eigenvalue weighted by Gasteiger charge is 2.53. The molecule has 2 spiro atoms. The molecular weight excluding hydrogens is 1110 g/mol. The standard InChI is InChI=1S/C90H56N2/c1-17-37-83-55(21-1)49-56-22-2-18-38-84(56)91(83)61-43-47-71-73(53-61)87(59-41-45-69-67-29-9-15-35-79(67)89(81(69)51-59)75-31-11-5-25-63(75)64-26-6-12-32-76(64)89)72-48-44-62(92-85-39-19-3-23-57(85)50-58-24-4-20-40-86(58)92)54-74(72)88(71)60-42-46-70-68-30-10-16-36-80(68)90(82(70)52-60)77-33-13-7-27-65(77)66-28-8-14-34-78(66)90/h1-48,51-54H,49-50H2. The summed E-state index contributed by atoms with van der Waals surface area (Å²) in [5, 5.41) is 4.83. The fourth-order valence-electron chi connectivity index (χ4n) is 18.3. The number of hydrogen-bond donors (Lipinski definition) is 0. The van der Waals surface area contributed by atoms with Crippen molar-refractivity contribution in [1.29, 1.82) is 0 Å². The van der Waals surface area contributed by atoms with Gasteiger partial charge in [0.2, 0.25) is 0 Å². The molecule has 0 saturated carbocycles. The van der Waals surface area contributed by atoms with E-state index in [0.717, 1.165) is 24.2 Å². The highest BCUT2D eigenvalue weighted by molar-refractivity contribution is 6.23. The van der Waals surface area contributed by atoms with Crippen LogP contribution in [0, 0.1) is 0 Å². The molecule has 0 amide bonds. The average molecular weight is 1170 g/mol. The van der Waals surface area contributed by atoms with Crippen LogP contribution in [0.1, 0.15) is 66.8 Å². The summed E-state index contributed by atoms with van der Waals surface area (Å²) in [5.74, 6) is 0. The van der Waals surface area contributed by atoms with E-state index in [9.17, 15) is 0 Å². The second-order valence-corrected chi connectivity index (χ2v) is 26.0. The van der Waals surface area contributed by atoms with Crippen molar-refractivity contribution in [2.75, 3.05) is 9.80 Å². The van der Waals surface area contributed by atoms with E-state index in [1.54, 1.807) is 0 Å². The largest absolute Gasteiger partial charge is 0.310 e. The molecule has 92 heavy (non-hydrogen) atoms. The zero-order valence-corrected chi connectivity index (χ0v) is 50.3. The van der Waals surface area contributed by atoms with Gasteiger partial charge in [0.25, 0.3) is 0 Å². The van der Waals surface area contributed by atoms with Gasteiger partial charge in [0, 0.05) is 47.0 Å². The molecule has 15 aromatic carbocycles. The second kappa shape index (κ2) is 18.5. The number of fused-ring (bicyclic) bond motifs is 26. The Bertz CT molecular complexity index is 5190. The molecule has 21 rings (SSSR count). The molecule has 15 aromatic rings. The van der Waals surface area contributed by atoms with Crippen molar-refractivity contribution in [1.82, 2.24) is 0 Å². The number of rotatable bonds is 4. The van der Waals surface area contributed by atoms with Crippen LogP contribution >= 0.6 is 0 Å². The van der Waals surface area contributed by atoms with Crippen molar-refractivity contribution in [3.63, 3.8) is 0 Å². The monoisotopic (exact) mass is 1160 g/mol. The van der Waals surface area contributed by atoms with Gasteiger partial charge in [-0.25, -0.2) is 0 Å². The van der Waals surface area contributed by atoms with Crippen molar-refractivity contribution in [3.8, 4) is 66.8 Å². The summed E-state index contributed by atoms with van der Waals surface area (Å²) < 4.78 is 0. The number of anilines is 6. The summed E-state index contributed by atoms with van der Waals surface area (Å²) in [7, 11) is 0. The van der Waals surface area contributed by atoms with E-state index in [1.165, 1.54) is 178 Å². The lowest BCUT2D eigenvalue weighted by Gasteiger charge is -2.34. The van der Waals surface area contributed by atoms with E-state index in [0.29, 0.717) is 0 Å². The molecule has 0 N–H and O–H groups in total. The maximum atomic E-state index is 2.61. The third-order valence-corrected chi connectivity index (χ3v) is 21.9. The Morgan fingerprint density at radius 1 is 0.207 bits per heavy atom. The van der Waals surface area contributed by atoms with Crippen LogP contribution < -0.4 is 9.80 Å². The molecule has 0 atom stereocenters. The molecule has 4 aliphatic carbocycles. The predicted octanol–water partition coefficient (Wildman–Crippen LogP) is 22.8. The van der Waals surface area contributed by atoms with Gasteiger partial charge in [-0.2, -0.15) is 0 Å². The summed E-state index contributed by atoms with van der Waals surface area (Å²) in [5.41, 5.74) is 37.3. The number of nitrogens with zero attached hydrogens (tertiary/aromatic N) is 2. The highest BCUT2D eigenvalue weighted by Crippen LogP contribution is 2.66. The van der Waals surface area contributed by atoms with Crippen LogP contribution in [0.4, 0.5) is 34.1 Å². The van der Waals surface area contributed by atoms with Crippen molar-refractivity contribution in [2.45, 2.75) is 23.7 Å². The molecule has 2 nitrogen and oxygen atoms in total. The first-order chi connectivity index (χ1) is 45.6. The van der Waals surface area contributed by atoms with Crippen LogP contribution in [-0.2, 0) is 23.7 Å². The van der Waals surface area contributed by atoms with Gasteiger partial charge in [0.05, 0.1) is 10.8 Å². The lowest BCUT2D eigenvalue weighted by atomic mass is 9.70. The quantitative estimate of drug-likeness (QED) is 0.162. The van der Waals surface area contributed by atoms with Crippen LogP contribution in [0.5, 0.6) is 0 Å². The first-order valence-corrected chi connectivity index (χ1v) is 32.5. The summed E-state index contributed by atoms with van der Waals surface area (Å²) in [6.45, 7) is 0. The fourth-order valence-corrected chi connectivity index (χ4v) is 18.3. The molecule has 0 saturated heterocycles. The van der Waals surface area contributed by atoms with Gasteiger partial charge in [0.1, 0.15) is 0 Å². The summed E-state index contributed by atoms with van der Waals surface area (Å²) in [4.78, 5) is 5.06. The Labute approximate surface area is 534 Å². The minimum absolute atomic E-state index is 0.523. The normalized spacial score (nSPS) is 14.6. The lowest BCUT2D eigenvalue weighted by Crippen LogP contribution is -2.25. The molecule has 2 aliphatic heterocycles. The maximum absolute atomic E-state index is 2.61. The summed E-state index contributed by atoms with van der Waals surface area (Å²) in [6, 6.07) is 121. The van der Waals surface area contributed by atoms with Gasteiger partial charge in [0.15, 0.2) is 0 Å². The van der Waals surface area contributed by atoms with E-state index < -0.39 is 10.8 Å². The van der Waals surface area contributed by atoms with Crippen LogP contribution in [-0.4, -0.2) is 0 Å². The Balaban J connectivity index is 0.902. The Kier molecular flexibility index (Phi) is 10.1. The minimum atomic E-state index is -0.523. The highest BCUT2D eigenvalue weighted by atomic mass is 15.2. The number of benzene rings is 15.